The fraction of sp³-hybridized carbons (Fsp3) is 0.417. The highest BCUT2D eigenvalue weighted by molar-refractivity contribution is 6.42. The summed E-state index contributed by atoms with van der Waals surface area (Å²) >= 11 is 12.1. The van der Waals surface area contributed by atoms with Crippen LogP contribution in [-0.2, 0) is 9.53 Å². The molecule has 0 aliphatic carbocycles. The summed E-state index contributed by atoms with van der Waals surface area (Å²) in [5.74, 6) is -0.733. The van der Waals surface area contributed by atoms with Gasteiger partial charge in [0.05, 0.1) is 23.3 Å². The van der Waals surface area contributed by atoms with E-state index in [4.69, 9.17) is 27.9 Å². The summed E-state index contributed by atoms with van der Waals surface area (Å²) < 4.78 is 5.33. The van der Waals surface area contributed by atoms with Gasteiger partial charge in [0.15, 0.2) is 0 Å². The maximum atomic E-state index is 13.0. The third kappa shape index (κ3) is 6.84. The van der Waals surface area contributed by atoms with Crippen LogP contribution in [0.4, 0.5) is 0 Å². The van der Waals surface area contributed by atoms with E-state index in [9.17, 15) is 14.7 Å². The molecule has 3 rings (SSSR count). The minimum Gasteiger partial charge on any atom is -0.507 e. The zero-order valence-corrected chi connectivity index (χ0v) is 20.2. The number of phenols is 1. The first-order valence-electron chi connectivity index (χ1n) is 10.9. The highest BCUT2D eigenvalue weighted by Crippen LogP contribution is 2.34. The highest BCUT2D eigenvalue weighted by atomic mass is 35.5. The number of aromatic hydroxyl groups is 1. The van der Waals surface area contributed by atoms with Crippen molar-refractivity contribution in [3.63, 3.8) is 0 Å². The molecule has 1 aliphatic heterocycles. The summed E-state index contributed by atoms with van der Waals surface area (Å²) in [4.78, 5) is 28.0. The number of rotatable bonds is 8. The number of hydrogen-bond acceptors (Lipinski definition) is 5. The predicted molar refractivity (Wildman–Crippen MR) is 130 cm³/mol. The number of carbonyl (C=O) groups excluding carboxylic acids is 2. The molecule has 0 bridgehead atoms. The summed E-state index contributed by atoms with van der Waals surface area (Å²) in [5, 5.41) is 16.8. The largest absolute Gasteiger partial charge is 0.507 e. The van der Waals surface area contributed by atoms with Gasteiger partial charge >= 0.3 is 0 Å². The molecule has 2 aromatic carbocycles. The lowest BCUT2D eigenvalue weighted by molar-refractivity contribution is -0.124. The second-order valence-corrected chi connectivity index (χ2v) is 9.12. The quantitative estimate of drug-likeness (QED) is 0.522. The van der Waals surface area contributed by atoms with E-state index >= 15 is 0 Å². The molecule has 1 heterocycles. The van der Waals surface area contributed by atoms with Crippen LogP contribution < -0.4 is 10.6 Å². The number of ether oxygens (including phenoxy) is 1. The van der Waals surface area contributed by atoms with Gasteiger partial charge in [-0.1, -0.05) is 43.1 Å². The van der Waals surface area contributed by atoms with Gasteiger partial charge in [-0.15, -0.1) is 0 Å². The SMILES string of the molecule is CC(C)[C@H](NC(=O)c1ccc(O)c(-c2ccc(Cl)c(Cl)c2)c1)C(=O)NCCN1CCOCC1. The number of phenolic OH excluding ortho intramolecular Hbond substituents is 1. The molecule has 3 N–H and O–H groups in total. The first-order valence-corrected chi connectivity index (χ1v) is 11.7. The minimum atomic E-state index is -0.690. The van der Waals surface area contributed by atoms with Crippen molar-refractivity contribution in [3.05, 3.63) is 52.0 Å². The average molecular weight is 494 g/mol. The van der Waals surface area contributed by atoms with Gasteiger partial charge in [-0.2, -0.15) is 0 Å². The van der Waals surface area contributed by atoms with E-state index < -0.39 is 11.9 Å². The highest BCUT2D eigenvalue weighted by Gasteiger charge is 2.25. The summed E-state index contributed by atoms with van der Waals surface area (Å²) in [6.07, 6.45) is 0. The van der Waals surface area contributed by atoms with Gasteiger partial charge in [-0.25, -0.2) is 0 Å². The minimum absolute atomic E-state index is 0.00574. The first kappa shape index (κ1) is 25.3. The van der Waals surface area contributed by atoms with Gasteiger partial charge < -0.3 is 20.5 Å². The second-order valence-electron chi connectivity index (χ2n) is 8.30. The molecule has 1 atom stereocenters. The number of amides is 2. The lowest BCUT2D eigenvalue weighted by Gasteiger charge is -2.27. The normalized spacial score (nSPS) is 15.3. The Morgan fingerprint density at radius 2 is 1.82 bits per heavy atom. The molecule has 0 aromatic heterocycles. The van der Waals surface area contributed by atoms with Crippen molar-refractivity contribution < 1.29 is 19.4 Å². The van der Waals surface area contributed by atoms with Gasteiger partial charge in [-0.05, 0) is 41.8 Å². The van der Waals surface area contributed by atoms with Crippen molar-refractivity contribution in [2.24, 2.45) is 5.92 Å². The van der Waals surface area contributed by atoms with Crippen LogP contribution in [0.25, 0.3) is 11.1 Å². The molecule has 9 heteroatoms. The van der Waals surface area contributed by atoms with Crippen molar-refractivity contribution in [2.45, 2.75) is 19.9 Å². The topological polar surface area (TPSA) is 90.9 Å². The van der Waals surface area contributed by atoms with E-state index in [-0.39, 0.29) is 17.6 Å². The van der Waals surface area contributed by atoms with Crippen molar-refractivity contribution in [2.75, 3.05) is 39.4 Å². The maximum absolute atomic E-state index is 13.0. The summed E-state index contributed by atoms with van der Waals surface area (Å²) in [6, 6.07) is 8.80. The fourth-order valence-electron chi connectivity index (χ4n) is 3.60. The van der Waals surface area contributed by atoms with Crippen molar-refractivity contribution >= 4 is 35.0 Å². The Hall–Kier alpha value is -2.32. The van der Waals surface area contributed by atoms with Crippen LogP contribution in [0.15, 0.2) is 36.4 Å². The molecule has 1 saturated heterocycles. The smallest absolute Gasteiger partial charge is 0.251 e. The van der Waals surface area contributed by atoms with Crippen LogP contribution in [0.5, 0.6) is 5.75 Å². The lowest BCUT2D eigenvalue weighted by atomic mass is 10.00. The van der Waals surface area contributed by atoms with Crippen LogP contribution in [0.2, 0.25) is 10.0 Å². The number of carbonyl (C=O) groups is 2. The molecular weight excluding hydrogens is 465 g/mol. The molecule has 7 nitrogen and oxygen atoms in total. The van der Waals surface area contributed by atoms with E-state index in [0.717, 1.165) is 19.6 Å². The van der Waals surface area contributed by atoms with E-state index in [1.54, 1.807) is 24.3 Å². The molecule has 1 fully saturated rings. The number of halogens is 2. The maximum Gasteiger partial charge on any atom is 0.251 e. The van der Waals surface area contributed by atoms with E-state index in [1.807, 2.05) is 13.8 Å². The van der Waals surface area contributed by atoms with Crippen LogP contribution in [0, 0.1) is 5.92 Å². The van der Waals surface area contributed by atoms with Crippen molar-refractivity contribution in [1.29, 1.82) is 0 Å². The number of benzene rings is 2. The average Bonchev–Trinajstić information content (AvgIpc) is 2.80. The van der Waals surface area contributed by atoms with Gasteiger partial charge in [0.25, 0.3) is 5.91 Å². The van der Waals surface area contributed by atoms with E-state index in [2.05, 4.69) is 15.5 Å². The number of nitrogens with one attached hydrogen (secondary N) is 2. The number of nitrogens with zero attached hydrogens (tertiary/aromatic N) is 1. The van der Waals surface area contributed by atoms with Crippen molar-refractivity contribution in [3.8, 4) is 16.9 Å². The Morgan fingerprint density at radius 3 is 2.48 bits per heavy atom. The van der Waals surface area contributed by atoms with Crippen LogP contribution in [0.3, 0.4) is 0 Å². The Morgan fingerprint density at radius 1 is 1.09 bits per heavy atom. The number of hydrogen-bond donors (Lipinski definition) is 3. The molecule has 2 amide bonds. The Bertz CT molecular complexity index is 994. The molecule has 0 spiro atoms. The third-order valence-corrected chi connectivity index (χ3v) is 6.30. The summed E-state index contributed by atoms with van der Waals surface area (Å²) in [7, 11) is 0. The molecule has 33 heavy (non-hydrogen) atoms. The first-order chi connectivity index (χ1) is 15.8. The van der Waals surface area contributed by atoms with Gasteiger partial charge in [0, 0.05) is 37.3 Å². The fourth-order valence-corrected chi connectivity index (χ4v) is 3.90. The monoisotopic (exact) mass is 493 g/mol. The Kier molecular flexibility index (Phi) is 8.97. The van der Waals surface area contributed by atoms with Crippen LogP contribution in [0.1, 0.15) is 24.2 Å². The number of morpholine rings is 1. The Balaban J connectivity index is 1.67. The molecule has 2 aromatic rings. The molecule has 178 valence electrons. The van der Waals surface area contributed by atoms with E-state index in [0.29, 0.717) is 46.5 Å². The standard InChI is InChI=1S/C24H29Cl2N3O4/c1-15(2)22(24(32)27-7-8-29-9-11-33-12-10-29)28-23(31)17-4-6-21(30)18(13-17)16-3-5-19(25)20(26)14-16/h3-6,13-15,22,30H,7-12H2,1-2H3,(H,27,32)(H,28,31)/t22-/m0/s1. The second kappa shape index (κ2) is 11.7. The zero-order chi connectivity index (χ0) is 24.0. The van der Waals surface area contributed by atoms with Crippen LogP contribution >= 0.6 is 23.2 Å². The third-order valence-electron chi connectivity index (χ3n) is 5.56. The molecule has 0 radical (unpaired) electrons. The van der Waals surface area contributed by atoms with Crippen molar-refractivity contribution in [1.82, 2.24) is 15.5 Å². The molecular formula is C24H29Cl2N3O4. The zero-order valence-electron chi connectivity index (χ0n) is 18.7. The Labute approximate surface area is 204 Å². The van der Waals surface area contributed by atoms with Gasteiger partial charge in [0.2, 0.25) is 5.91 Å². The summed E-state index contributed by atoms with van der Waals surface area (Å²) in [6.45, 7) is 8.10. The van der Waals surface area contributed by atoms with E-state index in [1.165, 1.54) is 12.1 Å². The van der Waals surface area contributed by atoms with Gasteiger partial charge in [0.1, 0.15) is 11.8 Å². The summed E-state index contributed by atoms with van der Waals surface area (Å²) in [5.41, 5.74) is 1.38. The molecule has 1 aliphatic rings. The molecule has 0 unspecified atom stereocenters. The van der Waals surface area contributed by atoms with Crippen LogP contribution in [-0.4, -0.2) is 67.3 Å². The molecule has 0 saturated carbocycles. The van der Waals surface area contributed by atoms with Gasteiger partial charge in [-0.3, -0.25) is 14.5 Å². The predicted octanol–water partition coefficient (Wildman–Crippen LogP) is 3.57. The lowest BCUT2D eigenvalue weighted by Crippen LogP contribution is -2.51.